The van der Waals surface area contributed by atoms with Gasteiger partial charge in [0.2, 0.25) is 5.91 Å². The van der Waals surface area contributed by atoms with E-state index in [0.29, 0.717) is 37.0 Å². The number of hydrogen-bond donors (Lipinski definition) is 1. The number of Topliss-reactive ketones (excluding diaryl/α,β-unsaturated/α-hetero) is 1. The molecule has 5 rings (SSSR count). The number of rotatable bonds is 8. The second kappa shape index (κ2) is 8.33. The first kappa shape index (κ1) is 21.7. The van der Waals surface area contributed by atoms with E-state index in [9.17, 15) is 22.4 Å². The number of sulfone groups is 1. The molecule has 0 saturated heterocycles. The van der Waals surface area contributed by atoms with E-state index < -0.39 is 20.9 Å². The van der Waals surface area contributed by atoms with Crippen molar-refractivity contribution in [3.8, 4) is 0 Å². The highest BCUT2D eigenvalue weighted by Gasteiger charge is 2.41. The third kappa shape index (κ3) is 4.50. The summed E-state index contributed by atoms with van der Waals surface area (Å²) in [4.78, 5) is 29.3. The average molecular weight is 477 g/mol. The maximum atomic E-state index is 13.4. The highest BCUT2D eigenvalue weighted by atomic mass is 32.2. The lowest BCUT2D eigenvalue weighted by Gasteiger charge is -2.21. The SMILES string of the molecule is O=C1CC[C@H](C[C@@H](C(=O)Nc2ncc(F)s2)c2ccc(S(=O)(=O)C3CC3)c(C3CC3)c2)C1. The number of hydrogen-bond acceptors (Lipinski definition) is 6. The third-order valence-electron chi connectivity index (χ3n) is 6.66. The van der Waals surface area contributed by atoms with Gasteiger partial charge in [0.1, 0.15) is 5.78 Å². The number of amides is 1. The van der Waals surface area contributed by atoms with Gasteiger partial charge in [0.05, 0.1) is 22.3 Å². The first-order valence-electron chi connectivity index (χ1n) is 11.1. The van der Waals surface area contributed by atoms with Crippen LogP contribution >= 0.6 is 11.3 Å². The lowest BCUT2D eigenvalue weighted by Crippen LogP contribution is -2.23. The molecule has 0 radical (unpaired) electrons. The quantitative estimate of drug-likeness (QED) is 0.602. The van der Waals surface area contributed by atoms with Crippen molar-refractivity contribution >= 4 is 38.0 Å². The number of benzene rings is 1. The van der Waals surface area contributed by atoms with Crippen molar-refractivity contribution in [3.05, 3.63) is 40.7 Å². The molecule has 0 unspecified atom stereocenters. The molecule has 1 heterocycles. The monoisotopic (exact) mass is 476 g/mol. The van der Waals surface area contributed by atoms with E-state index in [1.807, 2.05) is 6.07 Å². The van der Waals surface area contributed by atoms with E-state index in [2.05, 4.69) is 10.3 Å². The van der Waals surface area contributed by atoms with Crippen LogP contribution in [0.5, 0.6) is 0 Å². The van der Waals surface area contributed by atoms with E-state index in [1.54, 1.807) is 12.1 Å². The maximum Gasteiger partial charge on any atom is 0.233 e. The minimum atomic E-state index is -3.33. The maximum absolute atomic E-state index is 13.4. The molecule has 0 aliphatic heterocycles. The zero-order valence-electron chi connectivity index (χ0n) is 17.6. The molecule has 1 N–H and O–H groups in total. The number of nitrogens with zero attached hydrogens (tertiary/aromatic N) is 1. The highest BCUT2D eigenvalue weighted by molar-refractivity contribution is 7.92. The number of aromatic nitrogens is 1. The van der Waals surface area contributed by atoms with Crippen LogP contribution in [0.1, 0.15) is 74.3 Å². The molecule has 6 nitrogen and oxygen atoms in total. The summed E-state index contributed by atoms with van der Waals surface area (Å²) in [5.41, 5.74) is 1.56. The molecule has 32 heavy (non-hydrogen) atoms. The van der Waals surface area contributed by atoms with Crippen molar-refractivity contribution in [3.63, 3.8) is 0 Å². The standard InChI is InChI=1S/C23H25FN2O4S2/c24-21-12-25-23(31-21)26-22(28)19(10-13-1-5-16(27)9-13)15-4-8-20(18(11-15)14-2-3-14)32(29,30)17-6-7-17/h4,8,11-14,17,19H,1-3,5-7,9-10H2,(H,25,26,28)/t13-,19+/m0/s1. The molecule has 2 aromatic rings. The van der Waals surface area contributed by atoms with Crippen LogP contribution in [0.15, 0.2) is 29.3 Å². The zero-order valence-corrected chi connectivity index (χ0v) is 19.2. The lowest BCUT2D eigenvalue weighted by atomic mass is 9.86. The van der Waals surface area contributed by atoms with Crippen molar-refractivity contribution in [2.24, 2.45) is 5.92 Å². The van der Waals surface area contributed by atoms with Crippen LogP contribution in [0.25, 0.3) is 0 Å². The van der Waals surface area contributed by atoms with Crippen LogP contribution in [0.3, 0.4) is 0 Å². The Kier molecular flexibility index (Phi) is 5.65. The van der Waals surface area contributed by atoms with E-state index in [0.717, 1.165) is 47.9 Å². The van der Waals surface area contributed by atoms with Crippen LogP contribution in [-0.2, 0) is 19.4 Å². The molecule has 3 aliphatic carbocycles. The molecular formula is C23H25FN2O4S2. The number of anilines is 1. The molecule has 0 spiro atoms. The van der Waals surface area contributed by atoms with Crippen LogP contribution in [0, 0.1) is 11.0 Å². The Morgan fingerprint density at radius 1 is 1.22 bits per heavy atom. The Hall–Kier alpha value is -2.13. The summed E-state index contributed by atoms with van der Waals surface area (Å²) in [6.45, 7) is 0. The highest BCUT2D eigenvalue weighted by Crippen LogP contribution is 2.47. The van der Waals surface area contributed by atoms with E-state index in [4.69, 9.17) is 0 Å². The summed E-state index contributed by atoms with van der Waals surface area (Å²) in [6, 6.07) is 5.29. The molecule has 3 saturated carbocycles. The van der Waals surface area contributed by atoms with Gasteiger partial charge in [-0.2, -0.15) is 4.39 Å². The predicted molar refractivity (Wildman–Crippen MR) is 119 cm³/mol. The van der Waals surface area contributed by atoms with Gasteiger partial charge in [-0.05, 0) is 67.6 Å². The predicted octanol–water partition coefficient (Wildman–Crippen LogP) is 4.58. The fraction of sp³-hybridized carbons (Fsp3) is 0.522. The van der Waals surface area contributed by atoms with Crippen LogP contribution in [0.4, 0.5) is 9.52 Å². The Bertz CT molecular complexity index is 1170. The van der Waals surface area contributed by atoms with Crippen LogP contribution < -0.4 is 5.32 Å². The van der Waals surface area contributed by atoms with Crippen molar-refractivity contribution in [2.75, 3.05) is 5.32 Å². The topological polar surface area (TPSA) is 93.2 Å². The van der Waals surface area contributed by atoms with Crippen molar-refractivity contribution < 1.29 is 22.4 Å². The molecule has 170 valence electrons. The molecule has 2 atom stereocenters. The molecule has 9 heteroatoms. The van der Waals surface area contributed by atoms with E-state index in [-0.39, 0.29) is 33.9 Å². The molecule has 1 aromatic carbocycles. The number of carbonyl (C=O) groups is 2. The summed E-state index contributed by atoms with van der Waals surface area (Å²) in [5, 5.41) is 2.13. The number of carbonyl (C=O) groups excluding carboxylic acids is 2. The second-order valence-electron chi connectivity index (χ2n) is 9.21. The number of nitrogens with one attached hydrogen (secondary N) is 1. The molecule has 3 aliphatic rings. The van der Waals surface area contributed by atoms with Gasteiger partial charge >= 0.3 is 0 Å². The summed E-state index contributed by atoms with van der Waals surface area (Å²) < 4.78 is 39.3. The smallest absolute Gasteiger partial charge is 0.233 e. The Balaban J connectivity index is 1.47. The largest absolute Gasteiger partial charge is 0.301 e. The lowest BCUT2D eigenvalue weighted by molar-refractivity contribution is -0.119. The van der Waals surface area contributed by atoms with Gasteiger partial charge in [0.25, 0.3) is 0 Å². The van der Waals surface area contributed by atoms with Gasteiger partial charge in [-0.15, -0.1) is 0 Å². The molecular weight excluding hydrogens is 451 g/mol. The van der Waals surface area contributed by atoms with Crippen molar-refractivity contribution in [2.45, 2.75) is 73.3 Å². The summed E-state index contributed by atoms with van der Waals surface area (Å²) in [6.07, 6.45) is 6.60. The Labute approximate surface area is 190 Å². The Morgan fingerprint density at radius 2 is 2.00 bits per heavy atom. The van der Waals surface area contributed by atoms with Gasteiger partial charge < -0.3 is 5.32 Å². The normalized spacial score (nSPS) is 22.2. The van der Waals surface area contributed by atoms with Gasteiger partial charge in [-0.1, -0.05) is 23.5 Å². The number of ketones is 1. The summed E-state index contributed by atoms with van der Waals surface area (Å²) >= 11 is 0.763. The molecule has 1 aromatic heterocycles. The summed E-state index contributed by atoms with van der Waals surface area (Å²) in [7, 11) is -3.33. The van der Waals surface area contributed by atoms with Gasteiger partial charge in [0, 0.05) is 12.8 Å². The van der Waals surface area contributed by atoms with E-state index in [1.165, 1.54) is 0 Å². The van der Waals surface area contributed by atoms with Gasteiger partial charge in [-0.3, -0.25) is 9.59 Å². The first-order chi connectivity index (χ1) is 15.3. The van der Waals surface area contributed by atoms with E-state index >= 15 is 0 Å². The summed E-state index contributed by atoms with van der Waals surface area (Å²) in [5.74, 6) is -0.346. The van der Waals surface area contributed by atoms with Crippen molar-refractivity contribution in [1.82, 2.24) is 4.98 Å². The van der Waals surface area contributed by atoms with Gasteiger partial charge in [-0.25, -0.2) is 13.4 Å². The minimum absolute atomic E-state index is 0.102. The zero-order chi connectivity index (χ0) is 22.5. The fourth-order valence-electron chi connectivity index (χ4n) is 4.64. The first-order valence-corrected chi connectivity index (χ1v) is 13.5. The molecule has 3 fully saturated rings. The van der Waals surface area contributed by atoms with Gasteiger partial charge in [0.15, 0.2) is 20.1 Å². The van der Waals surface area contributed by atoms with Crippen molar-refractivity contribution in [1.29, 1.82) is 0 Å². The third-order valence-corrected chi connectivity index (χ3v) is 9.70. The van der Waals surface area contributed by atoms with Crippen LogP contribution in [0.2, 0.25) is 0 Å². The number of halogens is 1. The molecule has 0 bridgehead atoms. The Morgan fingerprint density at radius 3 is 2.59 bits per heavy atom. The molecule has 1 amide bonds. The minimum Gasteiger partial charge on any atom is -0.301 e. The fourth-order valence-corrected chi connectivity index (χ4v) is 7.11. The second-order valence-corrected chi connectivity index (χ2v) is 12.4. The van der Waals surface area contributed by atoms with Crippen LogP contribution in [-0.4, -0.2) is 30.3 Å². The number of thiazole rings is 1. The average Bonchev–Trinajstić information content (AvgIpc) is 3.68.